The van der Waals surface area contributed by atoms with E-state index >= 15 is 0 Å². The van der Waals surface area contributed by atoms with Gasteiger partial charge in [0, 0.05) is 29.6 Å². The molecule has 4 heteroatoms. The molecule has 1 saturated heterocycles. The summed E-state index contributed by atoms with van der Waals surface area (Å²) in [7, 11) is 0. The van der Waals surface area contributed by atoms with Crippen molar-refractivity contribution in [2.45, 2.75) is 18.9 Å². The number of benzene rings is 1. The van der Waals surface area contributed by atoms with E-state index in [0.717, 1.165) is 22.9 Å². The first kappa shape index (κ1) is 11.3. The van der Waals surface area contributed by atoms with E-state index in [1.807, 2.05) is 24.4 Å². The lowest BCUT2D eigenvalue weighted by Gasteiger charge is -2.08. The number of hydrogen-bond acceptors (Lipinski definition) is 2. The molecule has 0 aliphatic carbocycles. The first-order valence-electron chi connectivity index (χ1n) is 6.27. The average molecular weight is 244 g/mol. The van der Waals surface area contributed by atoms with Gasteiger partial charge in [-0.25, -0.2) is 0 Å². The van der Waals surface area contributed by atoms with Crippen LogP contribution in [0.25, 0.3) is 10.9 Å². The summed E-state index contributed by atoms with van der Waals surface area (Å²) in [5, 5.41) is 13.1. The number of amides is 1. The van der Waals surface area contributed by atoms with Gasteiger partial charge in [0.2, 0.25) is 5.91 Å². The fourth-order valence-electron chi connectivity index (χ4n) is 2.73. The predicted molar refractivity (Wildman–Crippen MR) is 69.0 cm³/mol. The Morgan fingerprint density at radius 2 is 2.17 bits per heavy atom. The van der Waals surface area contributed by atoms with Crippen LogP contribution in [0.1, 0.15) is 24.4 Å². The number of fused-ring (bicyclic) bond motifs is 1. The quantitative estimate of drug-likeness (QED) is 0.769. The van der Waals surface area contributed by atoms with Crippen molar-refractivity contribution >= 4 is 16.8 Å². The maximum atomic E-state index is 11.8. The second kappa shape index (κ2) is 4.46. The average Bonchev–Trinajstić information content (AvgIpc) is 2.94. The SMILES string of the molecule is O=C1NC(c2c[nH]c3ccccc23)CC1CCO. The van der Waals surface area contributed by atoms with Gasteiger partial charge in [-0.05, 0) is 24.5 Å². The summed E-state index contributed by atoms with van der Waals surface area (Å²) in [6.07, 6.45) is 3.28. The molecule has 1 aliphatic heterocycles. The molecular formula is C14H16N2O2. The number of rotatable bonds is 3. The summed E-state index contributed by atoms with van der Waals surface area (Å²) in [4.78, 5) is 15.0. The van der Waals surface area contributed by atoms with Gasteiger partial charge in [0.1, 0.15) is 0 Å². The lowest BCUT2D eigenvalue weighted by molar-refractivity contribution is -0.123. The van der Waals surface area contributed by atoms with E-state index in [0.29, 0.717) is 6.42 Å². The van der Waals surface area contributed by atoms with Crippen molar-refractivity contribution in [2.75, 3.05) is 6.61 Å². The molecule has 1 aromatic carbocycles. The second-order valence-electron chi connectivity index (χ2n) is 4.80. The van der Waals surface area contributed by atoms with Crippen LogP contribution in [0.15, 0.2) is 30.5 Å². The molecule has 2 atom stereocenters. The van der Waals surface area contributed by atoms with Crippen LogP contribution >= 0.6 is 0 Å². The Bertz CT molecular complexity index is 576. The summed E-state index contributed by atoms with van der Waals surface area (Å²) in [6, 6.07) is 8.14. The van der Waals surface area contributed by atoms with Crippen LogP contribution in [0.4, 0.5) is 0 Å². The van der Waals surface area contributed by atoms with Crippen molar-refractivity contribution in [1.29, 1.82) is 0 Å². The van der Waals surface area contributed by atoms with Crippen molar-refractivity contribution in [3.05, 3.63) is 36.0 Å². The monoisotopic (exact) mass is 244 g/mol. The molecule has 3 rings (SSSR count). The standard InChI is InChI=1S/C14H16N2O2/c17-6-5-9-7-13(16-14(9)18)11-8-15-12-4-2-1-3-10(11)12/h1-4,8-9,13,15,17H,5-7H2,(H,16,18). The summed E-state index contributed by atoms with van der Waals surface area (Å²) < 4.78 is 0. The van der Waals surface area contributed by atoms with E-state index in [9.17, 15) is 4.79 Å². The highest BCUT2D eigenvalue weighted by Gasteiger charge is 2.33. The number of carbonyl (C=O) groups excluding carboxylic acids is 1. The molecule has 1 fully saturated rings. The Hall–Kier alpha value is -1.81. The third kappa shape index (κ3) is 1.78. The molecule has 0 saturated carbocycles. The van der Waals surface area contributed by atoms with Crippen molar-refractivity contribution in [3.8, 4) is 0 Å². The Labute approximate surface area is 105 Å². The first-order valence-corrected chi connectivity index (χ1v) is 6.27. The third-order valence-corrected chi connectivity index (χ3v) is 3.68. The van der Waals surface area contributed by atoms with Crippen LogP contribution < -0.4 is 5.32 Å². The third-order valence-electron chi connectivity index (χ3n) is 3.68. The topological polar surface area (TPSA) is 65.1 Å². The molecule has 2 unspecified atom stereocenters. The summed E-state index contributed by atoms with van der Waals surface area (Å²) in [5.74, 6) is -0.00649. The van der Waals surface area contributed by atoms with Crippen LogP contribution in [-0.4, -0.2) is 22.6 Å². The van der Waals surface area contributed by atoms with E-state index in [2.05, 4.69) is 16.4 Å². The molecule has 2 aromatic rings. The number of para-hydroxylation sites is 1. The van der Waals surface area contributed by atoms with Gasteiger partial charge in [0.05, 0.1) is 6.04 Å². The van der Waals surface area contributed by atoms with Gasteiger partial charge in [-0.15, -0.1) is 0 Å². The van der Waals surface area contributed by atoms with Gasteiger partial charge < -0.3 is 15.4 Å². The van der Waals surface area contributed by atoms with Gasteiger partial charge in [-0.2, -0.15) is 0 Å². The Morgan fingerprint density at radius 3 is 3.00 bits per heavy atom. The van der Waals surface area contributed by atoms with Crippen LogP contribution in [0.2, 0.25) is 0 Å². The summed E-state index contributed by atoms with van der Waals surface area (Å²) in [6.45, 7) is 0.0681. The molecule has 0 radical (unpaired) electrons. The number of nitrogens with one attached hydrogen (secondary N) is 2. The highest BCUT2D eigenvalue weighted by atomic mass is 16.3. The van der Waals surface area contributed by atoms with Crippen LogP contribution in [0.5, 0.6) is 0 Å². The zero-order chi connectivity index (χ0) is 12.5. The number of aromatic amines is 1. The lowest BCUT2D eigenvalue weighted by atomic mass is 9.97. The molecule has 0 bridgehead atoms. The lowest BCUT2D eigenvalue weighted by Crippen LogP contribution is -2.21. The molecule has 3 N–H and O–H groups in total. The molecule has 94 valence electrons. The molecule has 1 aliphatic rings. The van der Waals surface area contributed by atoms with E-state index in [1.165, 1.54) is 0 Å². The number of aliphatic hydroxyl groups excluding tert-OH is 1. The zero-order valence-electron chi connectivity index (χ0n) is 10.0. The van der Waals surface area contributed by atoms with E-state index in [1.54, 1.807) is 0 Å². The highest BCUT2D eigenvalue weighted by Crippen LogP contribution is 2.33. The zero-order valence-corrected chi connectivity index (χ0v) is 10.0. The molecule has 0 spiro atoms. The summed E-state index contributed by atoms with van der Waals surface area (Å²) in [5.41, 5.74) is 2.23. The minimum atomic E-state index is -0.0614. The minimum absolute atomic E-state index is 0.0549. The maximum Gasteiger partial charge on any atom is 0.223 e. The molecular weight excluding hydrogens is 228 g/mol. The molecule has 2 heterocycles. The largest absolute Gasteiger partial charge is 0.396 e. The Kier molecular flexibility index (Phi) is 2.80. The second-order valence-corrected chi connectivity index (χ2v) is 4.80. The van der Waals surface area contributed by atoms with Crippen molar-refractivity contribution in [1.82, 2.24) is 10.3 Å². The Morgan fingerprint density at radius 1 is 1.33 bits per heavy atom. The number of H-pyrrole nitrogens is 1. The molecule has 1 aromatic heterocycles. The fraction of sp³-hybridized carbons (Fsp3) is 0.357. The molecule has 4 nitrogen and oxygen atoms in total. The van der Waals surface area contributed by atoms with Gasteiger partial charge in [0.25, 0.3) is 0 Å². The van der Waals surface area contributed by atoms with Gasteiger partial charge in [0.15, 0.2) is 0 Å². The molecule has 18 heavy (non-hydrogen) atoms. The van der Waals surface area contributed by atoms with Crippen molar-refractivity contribution < 1.29 is 9.90 Å². The number of hydrogen-bond donors (Lipinski definition) is 3. The van der Waals surface area contributed by atoms with Gasteiger partial charge in [-0.1, -0.05) is 18.2 Å². The van der Waals surface area contributed by atoms with E-state index in [-0.39, 0.29) is 24.5 Å². The smallest absolute Gasteiger partial charge is 0.223 e. The van der Waals surface area contributed by atoms with Gasteiger partial charge >= 0.3 is 0 Å². The predicted octanol–water partition coefficient (Wildman–Crippen LogP) is 1.73. The Balaban J connectivity index is 1.90. The number of carbonyl (C=O) groups is 1. The van der Waals surface area contributed by atoms with Crippen molar-refractivity contribution in [3.63, 3.8) is 0 Å². The summed E-state index contributed by atoms with van der Waals surface area (Å²) >= 11 is 0. The number of aromatic nitrogens is 1. The fourth-order valence-corrected chi connectivity index (χ4v) is 2.73. The van der Waals surface area contributed by atoms with Crippen LogP contribution in [0.3, 0.4) is 0 Å². The van der Waals surface area contributed by atoms with Crippen molar-refractivity contribution in [2.24, 2.45) is 5.92 Å². The van der Waals surface area contributed by atoms with E-state index in [4.69, 9.17) is 5.11 Å². The molecule has 1 amide bonds. The van der Waals surface area contributed by atoms with Gasteiger partial charge in [-0.3, -0.25) is 4.79 Å². The first-order chi connectivity index (χ1) is 8.79. The highest BCUT2D eigenvalue weighted by molar-refractivity contribution is 5.86. The number of aliphatic hydroxyl groups is 1. The minimum Gasteiger partial charge on any atom is -0.396 e. The van der Waals surface area contributed by atoms with Crippen LogP contribution in [-0.2, 0) is 4.79 Å². The van der Waals surface area contributed by atoms with Crippen LogP contribution in [0, 0.1) is 5.92 Å². The normalized spacial score (nSPS) is 23.5. The van der Waals surface area contributed by atoms with E-state index < -0.39 is 0 Å². The maximum absolute atomic E-state index is 11.8.